The van der Waals surface area contributed by atoms with Crippen LogP contribution in [0.1, 0.15) is 24.5 Å². The van der Waals surface area contributed by atoms with Gasteiger partial charge in [0.25, 0.3) is 5.56 Å². The number of fused-ring (bicyclic) bond motifs is 3. The lowest BCUT2D eigenvalue weighted by Crippen LogP contribution is -2.58. The Morgan fingerprint density at radius 2 is 2.00 bits per heavy atom. The Morgan fingerprint density at radius 3 is 2.71 bits per heavy atom. The summed E-state index contributed by atoms with van der Waals surface area (Å²) in [5, 5.41) is 7.69. The van der Waals surface area contributed by atoms with E-state index >= 15 is 0 Å². The van der Waals surface area contributed by atoms with Crippen LogP contribution in [0.25, 0.3) is 0 Å². The third-order valence-electron chi connectivity index (χ3n) is 6.07. The molecule has 0 aromatic carbocycles. The Hall–Kier alpha value is -3.56. The highest BCUT2D eigenvalue weighted by Crippen LogP contribution is 2.38. The first-order valence-electron chi connectivity index (χ1n) is 11.6. The van der Waals surface area contributed by atoms with E-state index in [1.54, 1.807) is 16.9 Å². The van der Waals surface area contributed by atoms with E-state index in [0.29, 0.717) is 18.9 Å². The summed E-state index contributed by atoms with van der Waals surface area (Å²) in [5.41, 5.74) is -4.14. The van der Waals surface area contributed by atoms with Gasteiger partial charge in [-0.1, -0.05) is 0 Å². The van der Waals surface area contributed by atoms with Gasteiger partial charge in [-0.3, -0.25) is 9.59 Å². The number of pyridine rings is 1. The van der Waals surface area contributed by atoms with E-state index in [0.717, 1.165) is 18.5 Å². The lowest BCUT2D eigenvalue weighted by molar-refractivity contribution is -0.138. The predicted molar refractivity (Wildman–Crippen MR) is 121 cm³/mol. The molecule has 0 spiro atoms. The van der Waals surface area contributed by atoms with Gasteiger partial charge in [0.15, 0.2) is 11.6 Å². The third-order valence-corrected chi connectivity index (χ3v) is 6.07. The van der Waals surface area contributed by atoms with Crippen molar-refractivity contribution in [1.82, 2.24) is 20.1 Å². The second-order valence-electron chi connectivity index (χ2n) is 8.90. The van der Waals surface area contributed by atoms with E-state index in [-0.39, 0.29) is 50.5 Å². The summed E-state index contributed by atoms with van der Waals surface area (Å²) in [7, 11) is 0. The van der Waals surface area contributed by atoms with Crippen LogP contribution in [0.3, 0.4) is 0 Å². The average Bonchev–Trinajstić information content (AvgIpc) is 2.84. The van der Waals surface area contributed by atoms with Crippen molar-refractivity contribution in [3.05, 3.63) is 39.9 Å². The number of hydrogen-bond donors (Lipinski definition) is 2. The number of piperazine rings is 1. The molecule has 2 N–H and O–H groups in total. The molecular formula is C22H24F6N6O4. The number of alkyl halides is 6. The van der Waals surface area contributed by atoms with Crippen LogP contribution in [0, 0.1) is 0 Å². The van der Waals surface area contributed by atoms with Crippen LogP contribution in [-0.2, 0) is 21.9 Å². The van der Waals surface area contributed by atoms with Crippen LogP contribution in [0.5, 0.6) is 5.75 Å². The molecule has 0 radical (unpaired) electrons. The molecule has 1 amide bonds. The zero-order valence-electron chi connectivity index (χ0n) is 20.0. The number of halogens is 6. The lowest BCUT2D eigenvalue weighted by atomic mass is 10.1. The minimum absolute atomic E-state index is 0.0105. The molecular weight excluding hydrogens is 526 g/mol. The molecule has 1 unspecified atom stereocenters. The van der Waals surface area contributed by atoms with Crippen molar-refractivity contribution in [3.8, 4) is 5.75 Å². The van der Waals surface area contributed by atoms with Gasteiger partial charge >= 0.3 is 12.4 Å². The third kappa shape index (κ3) is 6.11. The number of aromatic nitrogens is 3. The summed E-state index contributed by atoms with van der Waals surface area (Å²) >= 11 is 0. The zero-order chi connectivity index (χ0) is 27.7. The largest absolute Gasteiger partial charge is 0.487 e. The Balaban J connectivity index is 1.24. The number of aromatic amines is 1. The number of hydrogen-bond acceptors (Lipinski definition) is 8. The SMILES string of the molecule is CC(COCCC(=O)N1CCN2c3ncc(C(F)(F)F)cc3OC[C@@H]2C1)Nc1cn[nH]c(=O)c1C(F)(F)F. The smallest absolute Gasteiger partial charge is 0.423 e. The summed E-state index contributed by atoms with van der Waals surface area (Å²) in [6.45, 7) is 2.59. The molecule has 1 fully saturated rings. The Kier molecular flexibility index (Phi) is 7.71. The molecule has 2 aromatic heterocycles. The number of ether oxygens (including phenoxy) is 2. The first-order chi connectivity index (χ1) is 17.8. The van der Waals surface area contributed by atoms with Crippen molar-refractivity contribution >= 4 is 17.4 Å². The van der Waals surface area contributed by atoms with E-state index in [1.165, 1.54) is 0 Å². The number of H-pyrrole nitrogens is 1. The van der Waals surface area contributed by atoms with Crippen LogP contribution in [-0.4, -0.2) is 77.5 Å². The molecule has 0 bridgehead atoms. The number of nitrogens with zero attached hydrogens (tertiary/aromatic N) is 4. The van der Waals surface area contributed by atoms with Gasteiger partial charge in [-0.2, -0.15) is 31.4 Å². The van der Waals surface area contributed by atoms with E-state index in [4.69, 9.17) is 9.47 Å². The molecule has 4 rings (SSSR count). The monoisotopic (exact) mass is 550 g/mol. The number of amides is 1. The Morgan fingerprint density at radius 1 is 1.24 bits per heavy atom. The summed E-state index contributed by atoms with van der Waals surface area (Å²) in [5.74, 6) is 0.135. The first kappa shape index (κ1) is 27.5. The highest BCUT2D eigenvalue weighted by atomic mass is 19.4. The number of nitrogens with one attached hydrogen (secondary N) is 2. The maximum Gasteiger partial charge on any atom is 0.423 e. The summed E-state index contributed by atoms with van der Waals surface area (Å²) < 4.78 is 89.2. The molecule has 4 heterocycles. The Labute approximate surface area is 211 Å². The van der Waals surface area contributed by atoms with Gasteiger partial charge in [-0.15, -0.1) is 0 Å². The van der Waals surface area contributed by atoms with E-state index in [1.807, 2.05) is 4.90 Å². The molecule has 2 aliphatic heterocycles. The zero-order valence-corrected chi connectivity index (χ0v) is 20.0. The van der Waals surface area contributed by atoms with Gasteiger partial charge in [-0.05, 0) is 13.0 Å². The summed E-state index contributed by atoms with van der Waals surface area (Å²) in [6, 6.07) is 0.0164. The normalized spacial score (nSPS) is 18.3. The van der Waals surface area contributed by atoms with Crippen molar-refractivity contribution < 1.29 is 40.6 Å². The molecule has 2 aromatic rings. The molecule has 10 nitrogen and oxygen atoms in total. The molecule has 1 saturated heterocycles. The number of carbonyl (C=O) groups excluding carboxylic acids is 1. The standard InChI is InChI=1S/C22H24F6N6O4/c1-12(31-15-8-30-32-20(36)18(15)22(26,27)28)10-37-5-2-17(35)33-3-4-34-14(9-33)11-38-16-6-13(21(23,24)25)7-29-19(16)34/h6-8,12,14H,2-5,9-11H2,1H3,(H2,31,32,36)/t12?,14-/m0/s1. The molecule has 208 valence electrons. The number of rotatable bonds is 7. The van der Waals surface area contributed by atoms with Gasteiger partial charge in [-0.25, -0.2) is 10.1 Å². The maximum atomic E-state index is 13.2. The molecule has 16 heteroatoms. The topological polar surface area (TPSA) is 113 Å². The van der Waals surface area contributed by atoms with Gasteiger partial charge in [0, 0.05) is 31.9 Å². The molecule has 0 saturated carbocycles. The Bertz CT molecular complexity index is 1220. The van der Waals surface area contributed by atoms with Crippen LogP contribution in [0.15, 0.2) is 23.3 Å². The highest BCUT2D eigenvalue weighted by molar-refractivity contribution is 5.77. The van der Waals surface area contributed by atoms with Crippen LogP contribution in [0.4, 0.5) is 37.8 Å². The second kappa shape index (κ2) is 10.7. The average molecular weight is 550 g/mol. The van der Waals surface area contributed by atoms with Gasteiger partial charge in [0.1, 0.15) is 12.2 Å². The van der Waals surface area contributed by atoms with Crippen molar-refractivity contribution in [1.29, 1.82) is 0 Å². The van der Waals surface area contributed by atoms with E-state index in [9.17, 15) is 35.9 Å². The summed E-state index contributed by atoms with van der Waals surface area (Å²) in [6.07, 6.45) is -7.77. The first-order valence-corrected chi connectivity index (χ1v) is 11.6. The van der Waals surface area contributed by atoms with Crippen LogP contribution < -0.4 is 20.5 Å². The highest BCUT2D eigenvalue weighted by Gasteiger charge is 2.39. The fraction of sp³-hybridized carbons (Fsp3) is 0.545. The van der Waals surface area contributed by atoms with Crippen LogP contribution in [0.2, 0.25) is 0 Å². The number of carbonyl (C=O) groups is 1. The van der Waals surface area contributed by atoms with Crippen molar-refractivity contribution in [3.63, 3.8) is 0 Å². The fourth-order valence-electron chi connectivity index (χ4n) is 4.28. The van der Waals surface area contributed by atoms with Gasteiger partial charge in [0.2, 0.25) is 5.91 Å². The second-order valence-corrected chi connectivity index (χ2v) is 8.90. The molecule has 2 aliphatic rings. The maximum absolute atomic E-state index is 13.2. The minimum Gasteiger partial charge on any atom is -0.487 e. The van der Waals surface area contributed by atoms with Gasteiger partial charge < -0.3 is 24.6 Å². The lowest BCUT2D eigenvalue weighted by Gasteiger charge is -2.44. The van der Waals surface area contributed by atoms with E-state index in [2.05, 4.69) is 15.4 Å². The molecule has 2 atom stereocenters. The van der Waals surface area contributed by atoms with E-state index < -0.39 is 40.8 Å². The van der Waals surface area contributed by atoms with Crippen LogP contribution >= 0.6 is 0 Å². The minimum atomic E-state index is -4.87. The van der Waals surface area contributed by atoms with Crippen molar-refractivity contribution in [2.24, 2.45) is 0 Å². The van der Waals surface area contributed by atoms with Crippen molar-refractivity contribution in [2.45, 2.75) is 37.8 Å². The fourth-order valence-corrected chi connectivity index (χ4v) is 4.28. The summed E-state index contributed by atoms with van der Waals surface area (Å²) in [4.78, 5) is 31.6. The molecule has 38 heavy (non-hydrogen) atoms. The van der Waals surface area contributed by atoms with Crippen molar-refractivity contribution in [2.75, 3.05) is 49.7 Å². The molecule has 0 aliphatic carbocycles. The predicted octanol–water partition coefficient (Wildman–Crippen LogP) is 2.52. The number of anilines is 2. The van der Waals surface area contributed by atoms with Gasteiger partial charge in [0.05, 0.1) is 43.1 Å². The quantitative estimate of drug-likeness (QED) is 0.400.